The lowest BCUT2D eigenvalue weighted by Gasteiger charge is -2.08. The van der Waals surface area contributed by atoms with E-state index >= 15 is 0 Å². The molecule has 0 atom stereocenters. The smallest absolute Gasteiger partial charge is 0.236 e. The van der Waals surface area contributed by atoms with Crippen LogP contribution in [0.1, 0.15) is 10.4 Å². The lowest BCUT2D eigenvalue weighted by atomic mass is 10.0. The summed E-state index contributed by atoms with van der Waals surface area (Å²) < 4.78 is 7.44. The molecule has 0 aliphatic rings. The van der Waals surface area contributed by atoms with Crippen LogP contribution in [0.15, 0.2) is 107 Å². The van der Waals surface area contributed by atoms with Crippen molar-refractivity contribution in [3.63, 3.8) is 0 Å². The molecule has 6 rings (SSSR count). The monoisotopic (exact) mass is 523 g/mol. The van der Waals surface area contributed by atoms with Crippen molar-refractivity contribution in [3.05, 3.63) is 108 Å². The third kappa shape index (κ3) is 5.04. The number of thiazole rings is 1. The van der Waals surface area contributed by atoms with Crippen LogP contribution < -0.4 is 5.32 Å². The average Bonchev–Trinajstić information content (AvgIpc) is 3.70. The number of para-hydroxylation sites is 1. The van der Waals surface area contributed by atoms with Crippen molar-refractivity contribution >= 4 is 44.9 Å². The molecule has 0 bridgehead atoms. The molecule has 182 valence electrons. The van der Waals surface area contributed by atoms with E-state index in [4.69, 9.17) is 4.42 Å². The third-order valence-corrected chi connectivity index (χ3v) is 7.61. The van der Waals surface area contributed by atoms with Crippen LogP contribution in [0.2, 0.25) is 0 Å². The molecule has 6 aromatic rings. The molecule has 3 aromatic carbocycles. The highest BCUT2D eigenvalue weighted by Crippen LogP contribution is 2.29. The Balaban J connectivity index is 1.14. The number of hydrogen-bond acceptors (Lipinski definition) is 7. The number of carbonyl (C=O) groups excluding carboxylic acids is 1. The maximum Gasteiger partial charge on any atom is 0.236 e. The molecule has 0 aliphatic heterocycles. The van der Waals surface area contributed by atoms with Crippen molar-refractivity contribution < 1.29 is 9.21 Å². The summed E-state index contributed by atoms with van der Waals surface area (Å²) in [6, 6.07) is 28.1. The summed E-state index contributed by atoms with van der Waals surface area (Å²) in [6.45, 7) is 0. The van der Waals surface area contributed by atoms with Gasteiger partial charge < -0.3 is 9.73 Å². The molecule has 0 saturated carbocycles. The standard InChI is InChI=1S/C28H21N5O2S2/c34-25(30-27-29-17-22(37-27)16-20-10-6-9-19-8-4-5-13-23(19)20)18-36-28-32-31-26(24-14-7-15-35-24)33(28)21-11-2-1-3-12-21/h1-15,17H,16,18H2,(H,29,30,34). The molecule has 0 unspecified atom stereocenters. The van der Waals surface area contributed by atoms with Crippen LogP contribution >= 0.6 is 23.1 Å². The predicted molar refractivity (Wildman–Crippen MR) is 147 cm³/mol. The molecular weight excluding hydrogens is 502 g/mol. The zero-order valence-electron chi connectivity index (χ0n) is 19.6. The number of anilines is 1. The fraction of sp³-hybridized carbons (Fsp3) is 0.0714. The summed E-state index contributed by atoms with van der Waals surface area (Å²) in [4.78, 5) is 18.3. The van der Waals surface area contributed by atoms with Gasteiger partial charge in [-0.2, -0.15) is 0 Å². The minimum Gasteiger partial charge on any atom is -0.461 e. The van der Waals surface area contributed by atoms with E-state index in [1.165, 1.54) is 39.4 Å². The Kier molecular flexibility index (Phi) is 6.53. The summed E-state index contributed by atoms with van der Waals surface area (Å²) in [5.74, 6) is 1.20. The number of amides is 1. The summed E-state index contributed by atoms with van der Waals surface area (Å²) in [5, 5.41) is 15.2. The fourth-order valence-electron chi connectivity index (χ4n) is 4.11. The molecule has 9 heteroatoms. The second-order valence-corrected chi connectivity index (χ2v) is 10.3. The van der Waals surface area contributed by atoms with E-state index in [2.05, 4.69) is 56.9 Å². The molecule has 0 aliphatic carbocycles. The van der Waals surface area contributed by atoms with Gasteiger partial charge in [-0.1, -0.05) is 72.4 Å². The summed E-state index contributed by atoms with van der Waals surface area (Å²) in [6.07, 6.45) is 4.19. The van der Waals surface area contributed by atoms with Gasteiger partial charge >= 0.3 is 0 Å². The van der Waals surface area contributed by atoms with E-state index < -0.39 is 0 Å². The van der Waals surface area contributed by atoms with Crippen molar-refractivity contribution in [3.8, 4) is 17.3 Å². The predicted octanol–water partition coefficient (Wildman–Crippen LogP) is 6.46. The van der Waals surface area contributed by atoms with Crippen molar-refractivity contribution in [2.75, 3.05) is 11.1 Å². The minimum absolute atomic E-state index is 0.154. The van der Waals surface area contributed by atoms with E-state index in [0.29, 0.717) is 21.9 Å². The van der Waals surface area contributed by atoms with Gasteiger partial charge in [-0.3, -0.25) is 9.36 Å². The lowest BCUT2D eigenvalue weighted by Crippen LogP contribution is -2.14. The highest BCUT2D eigenvalue weighted by Gasteiger charge is 2.19. The van der Waals surface area contributed by atoms with Crippen LogP contribution in [0.3, 0.4) is 0 Å². The Bertz CT molecular complexity index is 1650. The molecule has 0 fully saturated rings. The summed E-state index contributed by atoms with van der Waals surface area (Å²) in [5.41, 5.74) is 2.13. The topological polar surface area (TPSA) is 85.8 Å². The van der Waals surface area contributed by atoms with Crippen molar-refractivity contribution in [1.82, 2.24) is 19.7 Å². The molecule has 1 amide bonds. The molecule has 0 radical (unpaired) electrons. The maximum absolute atomic E-state index is 12.8. The molecule has 1 N–H and O–H groups in total. The Morgan fingerprint density at radius 3 is 2.65 bits per heavy atom. The first-order chi connectivity index (χ1) is 18.2. The summed E-state index contributed by atoms with van der Waals surface area (Å²) in [7, 11) is 0. The summed E-state index contributed by atoms with van der Waals surface area (Å²) >= 11 is 2.80. The van der Waals surface area contributed by atoms with Crippen molar-refractivity contribution in [1.29, 1.82) is 0 Å². The minimum atomic E-state index is -0.154. The number of nitrogens with zero attached hydrogens (tertiary/aromatic N) is 4. The number of rotatable bonds is 8. The first kappa shape index (κ1) is 23.2. The lowest BCUT2D eigenvalue weighted by molar-refractivity contribution is -0.113. The molecule has 7 nitrogen and oxygen atoms in total. The van der Waals surface area contributed by atoms with Gasteiger partial charge in [0.2, 0.25) is 11.7 Å². The van der Waals surface area contributed by atoms with E-state index in [9.17, 15) is 4.79 Å². The van der Waals surface area contributed by atoms with Gasteiger partial charge in [-0.25, -0.2) is 4.98 Å². The van der Waals surface area contributed by atoms with E-state index in [-0.39, 0.29) is 11.7 Å². The van der Waals surface area contributed by atoms with E-state index in [1.54, 1.807) is 6.26 Å². The number of hydrogen-bond donors (Lipinski definition) is 1. The Labute approximate surface area is 221 Å². The number of benzene rings is 3. The molecule has 3 aromatic heterocycles. The second kappa shape index (κ2) is 10.4. The normalized spacial score (nSPS) is 11.1. The van der Waals surface area contributed by atoms with Crippen LogP contribution in [0.5, 0.6) is 0 Å². The maximum atomic E-state index is 12.8. The van der Waals surface area contributed by atoms with Crippen LogP contribution in [-0.2, 0) is 11.2 Å². The quantitative estimate of drug-likeness (QED) is 0.231. The number of aromatic nitrogens is 4. The number of furan rings is 1. The van der Waals surface area contributed by atoms with Crippen molar-refractivity contribution in [2.45, 2.75) is 11.6 Å². The molecule has 0 spiro atoms. The molecule has 0 saturated heterocycles. The molecule has 37 heavy (non-hydrogen) atoms. The van der Waals surface area contributed by atoms with Gasteiger partial charge in [0.25, 0.3) is 0 Å². The second-order valence-electron chi connectivity index (χ2n) is 8.24. The van der Waals surface area contributed by atoms with Gasteiger partial charge in [0.1, 0.15) is 0 Å². The highest BCUT2D eigenvalue weighted by molar-refractivity contribution is 7.99. The highest BCUT2D eigenvalue weighted by atomic mass is 32.2. The number of carbonyl (C=O) groups is 1. The molecular formula is C28H21N5O2S2. The largest absolute Gasteiger partial charge is 0.461 e. The van der Waals surface area contributed by atoms with Gasteiger partial charge in [-0.05, 0) is 40.6 Å². The number of fused-ring (bicyclic) bond motifs is 1. The van der Waals surface area contributed by atoms with Crippen LogP contribution in [0.4, 0.5) is 5.13 Å². The Morgan fingerprint density at radius 1 is 0.946 bits per heavy atom. The fourth-order valence-corrected chi connectivity index (χ4v) is 5.71. The van der Waals surface area contributed by atoms with Crippen LogP contribution in [0.25, 0.3) is 28.0 Å². The number of thioether (sulfide) groups is 1. The SMILES string of the molecule is O=C(CSc1nnc(-c2ccco2)n1-c1ccccc1)Nc1ncc(Cc2cccc3ccccc23)s1. The average molecular weight is 524 g/mol. The van der Waals surface area contributed by atoms with Gasteiger partial charge in [0.05, 0.1) is 12.0 Å². The van der Waals surface area contributed by atoms with Crippen molar-refractivity contribution in [2.24, 2.45) is 0 Å². The zero-order valence-corrected chi connectivity index (χ0v) is 21.2. The molecule has 3 heterocycles. The van der Waals surface area contributed by atoms with Crippen LogP contribution in [-0.4, -0.2) is 31.4 Å². The van der Waals surface area contributed by atoms with Gasteiger partial charge in [-0.15, -0.1) is 21.5 Å². The number of nitrogens with one attached hydrogen (secondary N) is 1. The van der Waals surface area contributed by atoms with Gasteiger partial charge in [0.15, 0.2) is 16.0 Å². The third-order valence-electron chi connectivity index (χ3n) is 5.77. The Hall–Kier alpha value is -4.21. The van der Waals surface area contributed by atoms with E-state index in [0.717, 1.165) is 17.0 Å². The zero-order chi connectivity index (χ0) is 25.0. The van der Waals surface area contributed by atoms with E-state index in [1.807, 2.05) is 59.3 Å². The first-order valence-electron chi connectivity index (χ1n) is 11.6. The van der Waals surface area contributed by atoms with Crippen LogP contribution in [0, 0.1) is 0 Å². The first-order valence-corrected chi connectivity index (χ1v) is 13.4. The van der Waals surface area contributed by atoms with Gasteiger partial charge in [0, 0.05) is 23.2 Å². The Morgan fingerprint density at radius 2 is 1.78 bits per heavy atom.